The van der Waals surface area contributed by atoms with Gasteiger partial charge in [0.2, 0.25) is 0 Å². The van der Waals surface area contributed by atoms with Crippen LogP contribution < -0.4 is 0 Å². The first-order valence-corrected chi connectivity index (χ1v) is 13.1. The van der Waals surface area contributed by atoms with E-state index < -0.39 is 34.3 Å². The Morgan fingerprint density at radius 2 is 1.86 bits per heavy atom. The van der Waals surface area contributed by atoms with Crippen molar-refractivity contribution in [2.45, 2.75) is 114 Å². The Kier molecular flexibility index (Phi) is 5.78. The Hall–Kier alpha value is -1.77. The smallest absolute Gasteiger partial charge is 0.334 e. The van der Waals surface area contributed by atoms with Crippen molar-refractivity contribution in [1.82, 2.24) is 0 Å². The van der Waals surface area contributed by atoms with Crippen molar-refractivity contribution in [3.63, 3.8) is 0 Å². The molecule has 5 rings (SSSR count). The molecule has 0 unspecified atom stereocenters. The van der Waals surface area contributed by atoms with Crippen molar-refractivity contribution in [3.05, 3.63) is 11.1 Å². The summed E-state index contributed by atoms with van der Waals surface area (Å²) in [4.78, 5) is 36.4. The lowest BCUT2D eigenvalue weighted by Gasteiger charge is -2.62. The monoisotopic (exact) mass is 490 g/mol. The summed E-state index contributed by atoms with van der Waals surface area (Å²) >= 11 is 0. The number of carbonyl (C=O) groups excluding carboxylic acids is 3. The van der Waals surface area contributed by atoms with E-state index in [0.29, 0.717) is 44.9 Å². The number of ether oxygens (including phenoxy) is 3. The van der Waals surface area contributed by atoms with Crippen LogP contribution in [0.4, 0.5) is 0 Å². The van der Waals surface area contributed by atoms with Crippen molar-refractivity contribution in [1.29, 1.82) is 0 Å². The van der Waals surface area contributed by atoms with Crippen LogP contribution in [0, 0.1) is 17.3 Å². The average molecular weight is 491 g/mol. The Labute approximate surface area is 206 Å². The van der Waals surface area contributed by atoms with Crippen molar-refractivity contribution < 1.29 is 38.8 Å². The van der Waals surface area contributed by atoms with Gasteiger partial charge in [0.25, 0.3) is 0 Å². The highest BCUT2D eigenvalue weighted by atomic mass is 16.7. The first kappa shape index (κ1) is 24.9. The molecular formula is C27H38O8. The third-order valence-corrected chi connectivity index (χ3v) is 10.0. The summed E-state index contributed by atoms with van der Waals surface area (Å²) in [6.07, 6.45) is 2.67. The highest BCUT2D eigenvalue weighted by Crippen LogP contribution is 2.73. The van der Waals surface area contributed by atoms with Gasteiger partial charge in [-0.05, 0) is 69.3 Å². The SMILES string of the molecule is CC(=O)CCCCC(=O)O[C@H]1[C@]23O[C@H]2C[C@H]2C4=C(CC[C@]2(C)[C@]3(O)CC[C@@]1(O)C(C)C)C(=O)OC4. The number of esters is 2. The van der Waals surface area contributed by atoms with E-state index in [1.807, 2.05) is 13.8 Å². The Balaban J connectivity index is 1.46. The van der Waals surface area contributed by atoms with Gasteiger partial charge >= 0.3 is 11.9 Å². The molecule has 8 heteroatoms. The van der Waals surface area contributed by atoms with Gasteiger partial charge in [-0.1, -0.05) is 20.8 Å². The number of cyclic esters (lactones) is 1. The van der Waals surface area contributed by atoms with Crippen LogP contribution in [-0.2, 0) is 28.6 Å². The Morgan fingerprint density at radius 1 is 1.14 bits per heavy atom. The number of rotatable bonds is 7. The second-order valence-electron chi connectivity index (χ2n) is 12.0. The number of epoxide rings is 1. The topological polar surface area (TPSA) is 123 Å². The van der Waals surface area contributed by atoms with Gasteiger partial charge in [-0.2, -0.15) is 0 Å². The van der Waals surface area contributed by atoms with E-state index in [-0.39, 0.29) is 49.1 Å². The first-order valence-electron chi connectivity index (χ1n) is 13.1. The summed E-state index contributed by atoms with van der Waals surface area (Å²) < 4.78 is 17.7. The molecule has 194 valence electrons. The molecule has 7 atom stereocenters. The van der Waals surface area contributed by atoms with Gasteiger partial charge in [-0.3, -0.25) is 4.79 Å². The molecule has 2 aliphatic heterocycles. The molecule has 5 aliphatic rings. The second-order valence-corrected chi connectivity index (χ2v) is 12.0. The summed E-state index contributed by atoms with van der Waals surface area (Å²) in [6, 6.07) is 0. The van der Waals surface area contributed by atoms with E-state index >= 15 is 0 Å². The highest BCUT2D eigenvalue weighted by Gasteiger charge is 2.86. The predicted molar refractivity (Wildman–Crippen MR) is 124 cm³/mol. The molecule has 8 nitrogen and oxygen atoms in total. The lowest BCUT2D eigenvalue weighted by atomic mass is 9.44. The third kappa shape index (κ3) is 3.32. The van der Waals surface area contributed by atoms with Crippen molar-refractivity contribution in [2.75, 3.05) is 6.61 Å². The van der Waals surface area contributed by atoms with E-state index in [4.69, 9.17) is 14.2 Å². The van der Waals surface area contributed by atoms with E-state index in [1.54, 1.807) is 0 Å². The molecule has 0 bridgehead atoms. The van der Waals surface area contributed by atoms with E-state index in [0.717, 1.165) is 11.1 Å². The van der Waals surface area contributed by atoms with Crippen LogP contribution >= 0.6 is 0 Å². The van der Waals surface area contributed by atoms with Gasteiger partial charge in [0.1, 0.15) is 23.6 Å². The fraction of sp³-hybridized carbons (Fsp3) is 0.815. The summed E-state index contributed by atoms with van der Waals surface area (Å²) in [5, 5.41) is 24.3. The van der Waals surface area contributed by atoms with Gasteiger partial charge in [-0.15, -0.1) is 0 Å². The molecule has 2 N–H and O–H groups in total. The lowest BCUT2D eigenvalue weighted by molar-refractivity contribution is -0.269. The van der Waals surface area contributed by atoms with Gasteiger partial charge in [0.05, 0.1) is 6.10 Å². The maximum atomic E-state index is 12.9. The molecule has 3 fully saturated rings. The Bertz CT molecular complexity index is 986. The van der Waals surface area contributed by atoms with Gasteiger partial charge in [-0.25, -0.2) is 4.79 Å². The van der Waals surface area contributed by atoms with Gasteiger partial charge in [0.15, 0.2) is 11.7 Å². The van der Waals surface area contributed by atoms with E-state index in [9.17, 15) is 24.6 Å². The predicted octanol–water partition coefficient (Wildman–Crippen LogP) is 2.77. The molecule has 0 radical (unpaired) electrons. The standard InChI is InChI=1S/C27H38O8/c1-15(2)25(31)11-12-26(32)24(4)10-9-17-18(14-33-22(17)30)19(24)13-20-27(26,35-20)23(25)34-21(29)8-6-5-7-16(3)28/h15,19-20,23,31-32H,5-14H2,1-4H3/t19-,20-,23+,24-,25+,26+,27+/m0/s1. The first-order chi connectivity index (χ1) is 16.4. The molecular weight excluding hydrogens is 452 g/mol. The van der Waals surface area contributed by atoms with Crippen LogP contribution in [0.15, 0.2) is 11.1 Å². The van der Waals surface area contributed by atoms with Gasteiger partial charge < -0.3 is 29.2 Å². The van der Waals surface area contributed by atoms with Crippen LogP contribution in [0.5, 0.6) is 0 Å². The number of fused-ring (bicyclic) bond motifs is 3. The Morgan fingerprint density at radius 3 is 2.54 bits per heavy atom. The zero-order chi connectivity index (χ0) is 25.4. The molecule has 0 aromatic heterocycles. The average Bonchev–Trinajstić information content (AvgIpc) is 3.40. The van der Waals surface area contributed by atoms with Crippen LogP contribution in [0.2, 0.25) is 0 Å². The second kappa shape index (κ2) is 8.12. The molecule has 0 aromatic carbocycles. The minimum Gasteiger partial charge on any atom is -0.458 e. The number of aliphatic hydroxyl groups is 2. The highest BCUT2D eigenvalue weighted by molar-refractivity contribution is 5.92. The maximum Gasteiger partial charge on any atom is 0.334 e. The molecule has 0 amide bonds. The summed E-state index contributed by atoms with van der Waals surface area (Å²) in [7, 11) is 0. The summed E-state index contributed by atoms with van der Waals surface area (Å²) in [5.74, 6) is -0.883. The fourth-order valence-corrected chi connectivity index (χ4v) is 7.74. The number of ketones is 1. The van der Waals surface area contributed by atoms with Crippen LogP contribution in [-0.4, -0.2) is 63.6 Å². The number of carbonyl (C=O) groups is 3. The molecule has 0 aromatic rings. The lowest BCUT2D eigenvalue weighted by Crippen LogP contribution is -2.76. The van der Waals surface area contributed by atoms with Gasteiger partial charge in [0, 0.05) is 23.8 Å². The molecule has 2 heterocycles. The number of unbranched alkanes of at least 4 members (excludes halogenated alkanes) is 1. The summed E-state index contributed by atoms with van der Waals surface area (Å²) in [6.45, 7) is 7.66. The van der Waals surface area contributed by atoms with Crippen molar-refractivity contribution >= 4 is 17.7 Å². The normalized spacial score (nSPS) is 43.6. The maximum absolute atomic E-state index is 12.9. The largest absolute Gasteiger partial charge is 0.458 e. The van der Waals surface area contributed by atoms with Crippen LogP contribution in [0.3, 0.4) is 0 Å². The van der Waals surface area contributed by atoms with Crippen LogP contribution in [0.1, 0.15) is 85.5 Å². The molecule has 2 saturated carbocycles. The minimum atomic E-state index is -1.33. The molecule has 3 aliphatic carbocycles. The van der Waals surface area contributed by atoms with E-state index in [1.165, 1.54) is 6.92 Å². The zero-order valence-electron chi connectivity index (χ0n) is 21.2. The number of hydrogen-bond acceptors (Lipinski definition) is 8. The van der Waals surface area contributed by atoms with Crippen LogP contribution in [0.25, 0.3) is 0 Å². The van der Waals surface area contributed by atoms with Crippen molar-refractivity contribution in [3.8, 4) is 0 Å². The quantitative estimate of drug-likeness (QED) is 0.317. The summed E-state index contributed by atoms with van der Waals surface area (Å²) in [5.41, 5.74) is -2.70. The number of Topliss-reactive ketones (excluding diaryl/α,β-unsaturated/α-hetero) is 1. The zero-order valence-corrected chi connectivity index (χ0v) is 21.2. The minimum absolute atomic E-state index is 0.0588. The molecule has 35 heavy (non-hydrogen) atoms. The number of hydrogen-bond donors (Lipinski definition) is 2. The third-order valence-electron chi connectivity index (χ3n) is 10.0. The van der Waals surface area contributed by atoms with Crippen molar-refractivity contribution in [2.24, 2.45) is 17.3 Å². The fourth-order valence-electron chi connectivity index (χ4n) is 7.74. The molecule has 1 spiro atoms. The molecule has 1 saturated heterocycles. The van der Waals surface area contributed by atoms with E-state index in [2.05, 4.69) is 6.92 Å².